The van der Waals surface area contributed by atoms with Gasteiger partial charge in [-0.2, -0.15) is 9.82 Å². The zero-order chi connectivity index (χ0) is 26.6. The summed E-state index contributed by atoms with van der Waals surface area (Å²) in [6.07, 6.45) is 4.47. The molecule has 2 aliphatic heterocycles. The van der Waals surface area contributed by atoms with Crippen molar-refractivity contribution in [2.45, 2.75) is 25.7 Å². The van der Waals surface area contributed by atoms with Gasteiger partial charge in [-0.15, -0.1) is 11.1 Å². The average molecular weight is 715 g/mol. The molecule has 2 N–H and O–H groups in total. The van der Waals surface area contributed by atoms with Crippen LogP contribution in [0.3, 0.4) is 0 Å². The Kier molecular flexibility index (Phi) is 21.3. The van der Waals surface area contributed by atoms with E-state index >= 15 is 0 Å². The molecule has 0 bridgehead atoms. The number of rotatable bonds is 4. The molecule has 0 aliphatic carbocycles. The second kappa shape index (κ2) is 21.6. The summed E-state index contributed by atoms with van der Waals surface area (Å²) in [5.41, 5.74) is 21.0. The second-order valence-corrected chi connectivity index (χ2v) is 11.4. The summed E-state index contributed by atoms with van der Waals surface area (Å²) in [6.45, 7) is 3.64. The van der Waals surface area contributed by atoms with Crippen LogP contribution in [-0.4, -0.2) is 62.3 Å². The molecule has 0 aromatic carbocycles. The van der Waals surface area contributed by atoms with E-state index in [1.807, 2.05) is 10.0 Å². The predicted octanol–water partition coefficient (Wildman–Crippen LogP) is 3.52. The monoisotopic (exact) mass is 716 g/mol. The number of hydrazine groups is 2. The van der Waals surface area contributed by atoms with Crippen molar-refractivity contribution in [3.05, 3.63) is 20.9 Å². The Balaban J connectivity index is 0.000000594. The molecule has 0 spiro atoms. The SMILES string of the molecule is [N-]=[N+]=NNC(=S)SN(C(=S)[S-])N1CCCC1.[N-]=[N+]=NNC(=S)SN(C(=S)[S-])N1CCCC1.[O]=[Mo+2]=[O]. The molecule has 0 radical (unpaired) electrons. The topological polar surface area (TPSA) is 169 Å². The van der Waals surface area contributed by atoms with Crippen LogP contribution >= 0.6 is 72.8 Å². The fraction of sp³-hybridized carbons (Fsp3) is 0.667. The standard InChI is InChI=1S/2C6H10N6S4.Mo.2O/c2*7-9-10-8-5(13)16-12(6(14)15)11-3-1-2-4-11;;;/h2*1-4H2,(H,8,13)(H,14,15);;;/q;;+2;;/p-2. The van der Waals surface area contributed by atoms with Gasteiger partial charge >= 0.3 is 25.3 Å². The van der Waals surface area contributed by atoms with Crippen molar-refractivity contribution in [2.24, 2.45) is 10.4 Å². The molecule has 2 aliphatic rings. The molecule has 0 atom stereocenters. The van der Waals surface area contributed by atoms with Gasteiger partial charge in [0.2, 0.25) is 8.64 Å². The van der Waals surface area contributed by atoms with Crippen molar-refractivity contribution in [1.82, 2.24) is 29.7 Å². The first-order valence-corrected chi connectivity index (χ1v) is 14.8. The van der Waals surface area contributed by atoms with E-state index in [-0.39, 0.29) is 0 Å². The molecule has 0 amide bonds. The molecule has 0 aromatic rings. The quantitative estimate of drug-likeness (QED) is 0.0634. The van der Waals surface area contributed by atoms with Crippen molar-refractivity contribution in [3.8, 4) is 0 Å². The van der Waals surface area contributed by atoms with Crippen LogP contribution in [0.2, 0.25) is 0 Å². The molecule has 0 saturated carbocycles. The Morgan fingerprint density at radius 2 is 1.09 bits per heavy atom. The summed E-state index contributed by atoms with van der Waals surface area (Å²) >= 11 is 30.1. The van der Waals surface area contributed by atoms with Gasteiger partial charge in [0.1, 0.15) is 0 Å². The fourth-order valence-electron chi connectivity index (χ4n) is 2.51. The molecule has 2 rings (SSSR count). The summed E-state index contributed by atoms with van der Waals surface area (Å²) in [5, 5.41) is 10.4. The second-order valence-electron chi connectivity index (χ2n) is 5.83. The molecule has 0 unspecified atom stereocenters. The van der Waals surface area contributed by atoms with Crippen molar-refractivity contribution >= 4 is 115 Å². The van der Waals surface area contributed by atoms with Crippen LogP contribution in [0, 0.1) is 0 Å². The van der Waals surface area contributed by atoms with E-state index in [4.69, 9.17) is 92.0 Å². The van der Waals surface area contributed by atoms with Gasteiger partial charge in [-0.3, -0.25) is 8.83 Å². The van der Waals surface area contributed by atoms with Gasteiger partial charge < -0.3 is 49.7 Å². The van der Waals surface area contributed by atoms with Gasteiger partial charge in [0.05, 0.1) is 23.9 Å². The minimum absolute atomic E-state index is 0.317. The van der Waals surface area contributed by atoms with E-state index in [1.54, 1.807) is 8.83 Å². The van der Waals surface area contributed by atoms with Gasteiger partial charge in [0, 0.05) is 26.2 Å². The number of hydrogen-bond acceptors (Lipinski definition) is 14. The predicted molar refractivity (Wildman–Crippen MR) is 152 cm³/mol. The molecular formula is C12H18MoN12O2S8. The molecule has 14 nitrogen and oxygen atoms in total. The third kappa shape index (κ3) is 16.1. The summed E-state index contributed by atoms with van der Waals surface area (Å²) < 4.78 is 21.6. The van der Waals surface area contributed by atoms with Crippen LogP contribution in [0.25, 0.3) is 20.9 Å². The summed E-state index contributed by atoms with van der Waals surface area (Å²) in [4.78, 5) is 5.09. The van der Waals surface area contributed by atoms with Crippen molar-refractivity contribution < 1.29 is 25.3 Å². The maximum absolute atomic E-state index is 8.50. The van der Waals surface area contributed by atoms with Gasteiger partial charge in [-0.1, -0.05) is 0 Å². The summed E-state index contributed by atoms with van der Waals surface area (Å²) in [5.74, 6) is 0. The van der Waals surface area contributed by atoms with Gasteiger partial charge in [0.15, 0.2) is 0 Å². The summed E-state index contributed by atoms with van der Waals surface area (Å²) in [7, 11) is 0. The van der Waals surface area contributed by atoms with Gasteiger partial charge in [-0.05, 0) is 69.2 Å². The van der Waals surface area contributed by atoms with Crippen molar-refractivity contribution in [1.29, 1.82) is 0 Å². The minimum atomic E-state index is -2.03. The van der Waals surface area contributed by atoms with Crippen LogP contribution in [0.5, 0.6) is 0 Å². The van der Waals surface area contributed by atoms with Gasteiger partial charge in [0.25, 0.3) is 0 Å². The molecule has 0 aromatic heterocycles. The third-order valence-electron chi connectivity index (χ3n) is 3.70. The van der Waals surface area contributed by atoms with Gasteiger partial charge in [-0.25, -0.2) is 20.9 Å². The number of thiocarbonyl (C=S) groups is 4. The first-order valence-electron chi connectivity index (χ1n) is 9.19. The van der Waals surface area contributed by atoms with E-state index in [0.29, 0.717) is 17.3 Å². The zero-order valence-corrected chi connectivity index (χ0v) is 26.2. The molecule has 23 heteroatoms. The van der Waals surface area contributed by atoms with E-state index in [1.165, 1.54) is 0 Å². The number of nitrogens with one attached hydrogen (secondary N) is 2. The molecule has 35 heavy (non-hydrogen) atoms. The van der Waals surface area contributed by atoms with E-state index in [0.717, 1.165) is 75.8 Å². The normalized spacial score (nSPS) is 14.2. The molecular weight excluding hydrogens is 697 g/mol. The molecule has 192 valence electrons. The average Bonchev–Trinajstić information content (AvgIpc) is 3.53. The maximum atomic E-state index is 8.50. The van der Waals surface area contributed by atoms with E-state index < -0.39 is 18.5 Å². The summed E-state index contributed by atoms with van der Waals surface area (Å²) in [6, 6.07) is 0. The van der Waals surface area contributed by atoms with Crippen LogP contribution in [0.1, 0.15) is 25.7 Å². The Morgan fingerprint density at radius 3 is 1.31 bits per heavy atom. The number of azide groups is 2. The fourth-order valence-corrected chi connectivity index (χ4v) is 5.11. The van der Waals surface area contributed by atoms with Crippen LogP contribution < -0.4 is 10.9 Å². The van der Waals surface area contributed by atoms with Crippen LogP contribution in [0.4, 0.5) is 0 Å². The molecule has 2 fully saturated rings. The Bertz CT molecular complexity index is 804. The van der Waals surface area contributed by atoms with E-state index in [9.17, 15) is 0 Å². The van der Waals surface area contributed by atoms with Crippen LogP contribution in [0.15, 0.2) is 10.4 Å². The number of nitrogens with zero attached hydrogens (tertiary/aromatic N) is 10. The van der Waals surface area contributed by atoms with Crippen molar-refractivity contribution in [2.75, 3.05) is 26.2 Å². The van der Waals surface area contributed by atoms with E-state index in [2.05, 4.69) is 31.1 Å². The zero-order valence-electron chi connectivity index (χ0n) is 17.6. The molecule has 2 saturated heterocycles. The number of hydrogen-bond donors (Lipinski definition) is 2. The van der Waals surface area contributed by atoms with Crippen molar-refractivity contribution in [3.63, 3.8) is 0 Å². The first-order chi connectivity index (χ1) is 16.7. The van der Waals surface area contributed by atoms with Crippen LogP contribution in [-0.2, 0) is 50.5 Å². The Morgan fingerprint density at radius 1 is 0.800 bits per heavy atom. The Labute approximate surface area is 251 Å². The Hall–Kier alpha value is -0.472. The molecule has 2 heterocycles. The third-order valence-corrected chi connectivity index (χ3v) is 7.17. The first kappa shape index (κ1) is 34.5.